The Bertz CT molecular complexity index is 1050. The Morgan fingerprint density at radius 3 is 2.68 bits per heavy atom. The number of hydrogen-bond donors (Lipinski definition) is 1. The van der Waals surface area contributed by atoms with E-state index in [1.807, 2.05) is 30.3 Å². The van der Waals surface area contributed by atoms with Gasteiger partial charge >= 0.3 is 0 Å². The normalized spacial score (nSPS) is 11.0. The molecule has 2 heterocycles. The molecule has 2 N–H and O–H groups in total. The maximum Gasteiger partial charge on any atom is 0.282 e. The molecular weight excluding hydrogens is 391 g/mol. The van der Waals surface area contributed by atoms with Crippen molar-refractivity contribution in [3.05, 3.63) is 58.8 Å². The average molecular weight is 401 g/mol. The van der Waals surface area contributed by atoms with Crippen molar-refractivity contribution in [2.75, 3.05) is 5.73 Å². The first kappa shape index (κ1) is 15.5. The van der Waals surface area contributed by atoms with E-state index in [1.54, 1.807) is 6.07 Å². The molecular formula is C16H10BrFN6O. The van der Waals surface area contributed by atoms with E-state index in [0.29, 0.717) is 10.3 Å². The van der Waals surface area contributed by atoms with Crippen LogP contribution in [0.25, 0.3) is 28.7 Å². The van der Waals surface area contributed by atoms with E-state index in [2.05, 4.69) is 36.4 Å². The summed E-state index contributed by atoms with van der Waals surface area (Å²) in [5.74, 6) is 0.122. The zero-order chi connectivity index (χ0) is 17.4. The predicted molar refractivity (Wildman–Crippen MR) is 92.2 cm³/mol. The van der Waals surface area contributed by atoms with Gasteiger partial charge in [-0.25, -0.2) is 4.39 Å². The summed E-state index contributed by atoms with van der Waals surface area (Å²) >= 11 is 3.20. The van der Waals surface area contributed by atoms with E-state index in [0.717, 1.165) is 5.56 Å². The summed E-state index contributed by atoms with van der Waals surface area (Å²) in [6.07, 6.45) is 0. The zero-order valence-electron chi connectivity index (χ0n) is 12.6. The second kappa shape index (κ2) is 6.10. The lowest BCUT2D eigenvalue weighted by Gasteiger charge is -2.04. The second-order valence-corrected chi connectivity index (χ2v) is 6.04. The van der Waals surface area contributed by atoms with Crippen LogP contribution in [0.5, 0.6) is 0 Å². The van der Waals surface area contributed by atoms with Crippen LogP contribution in [0.2, 0.25) is 0 Å². The van der Waals surface area contributed by atoms with Crippen molar-refractivity contribution < 1.29 is 8.91 Å². The van der Waals surface area contributed by atoms with Crippen molar-refractivity contribution in [1.29, 1.82) is 0 Å². The topological polar surface area (TPSA) is 95.7 Å². The van der Waals surface area contributed by atoms with E-state index in [-0.39, 0.29) is 23.1 Å². The number of nitrogen functional groups attached to an aromatic ring is 1. The molecule has 0 aliphatic rings. The molecule has 0 saturated carbocycles. The third-order valence-corrected chi connectivity index (χ3v) is 4.00. The number of halogens is 2. The summed E-state index contributed by atoms with van der Waals surface area (Å²) in [4.78, 5) is 4.28. The van der Waals surface area contributed by atoms with Crippen LogP contribution in [0.3, 0.4) is 0 Å². The first-order chi connectivity index (χ1) is 12.1. The molecule has 0 aliphatic heterocycles. The summed E-state index contributed by atoms with van der Waals surface area (Å²) in [6.45, 7) is 0. The van der Waals surface area contributed by atoms with Gasteiger partial charge in [0.2, 0.25) is 5.82 Å². The number of anilines is 1. The molecule has 0 amide bonds. The zero-order valence-corrected chi connectivity index (χ0v) is 14.2. The van der Waals surface area contributed by atoms with Gasteiger partial charge in [-0.1, -0.05) is 56.6 Å². The fraction of sp³-hybridized carbons (Fsp3) is 0. The Morgan fingerprint density at radius 2 is 1.92 bits per heavy atom. The van der Waals surface area contributed by atoms with Gasteiger partial charge in [0.15, 0.2) is 11.5 Å². The van der Waals surface area contributed by atoms with Crippen LogP contribution in [0, 0.1) is 5.82 Å². The van der Waals surface area contributed by atoms with Gasteiger partial charge in [-0.2, -0.15) is 9.67 Å². The molecule has 4 aromatic rings. The van der Waals surface area contributed by atoms with Crippen LogP contribution < -0.4 is 5.73 Å². The average Bonchev–Trinajstić information content (AvgIpc) is 3.23. The third kappa shape index (κ3) is 2.78. The lowest BCUT2D eigenvalue weighted by atomic mass is 10.2. The van der Waals surface area contributed by atoms with Gasteiger partial charge in [0.25, 0.3) is 5.89 Å². The number of nitrogens with two attached hydrogens (primary N) is 1. The number of aromatic nitrogens is 5. The van der Waals surface area contributed by atoms with Crippen molar-refractivity contribution in [1.82, 2.24) is 25.1 Å². The number of rotatable bonds is 3. The first-order valence-electron chi connectivity index (χ1n) is 7.19. The molecule has 124 valence electrons. The molecule has 0 atom stereocenters. The molecule has 0 unspecified atom stereocenters. The lowest BCUT2D eigenvalue weighted by Crippen LogP contribution is -2.04. The molecule has 9 heteroatoms. The van der Waals surface area contributed by atoms with Gasteiger partial charge in [0, 0.05) is 10.0 Å². The van der Waals surface area contributed by atoms with Crippen LogP contribution >= 0.6 is 15.9 Å². The van der Waals surface area contributed by atoms with Crippen LogP contribution in [-0.4, -0.2) is 25.1 Å². The molecule has 0 fully saturated rings. The molecule has 0 saturated heterocycles. The lowest BCUT2D eigenvalue weighted by molar-refractivity contribution is 0.431. The molecule has 0 bridgehead atoms. The van der Waals surface area contributed by atoms with Crippen molar-refractivity contribution in [2.24, 2.45) is 0 Å². The largest absolute Gasteiger partial charge is 0.382 e. The van der Waals surface area contributed by atoms with E-state index in [4.69, 9.17) is 10.3 Å². The van der Waals surface area contributed by atoms with Gasteiger partial charge in [-0.15, -0.1) is 5.10 Å². The molecule has 0 spiro atoms. The van der Waals surface area contributed by atoms with E-state index >= 15 is 0 Å². The fourth-order valence-corrected chi connectivity index (χ4v) is 2.63. The molecule has 7 nitrogen and oxygen atoms in total. The van der Waals surface area contributed by atoms with Gasteiger partial charge in [0.05, 0.1) is 0 Å². The van der Waals surface area contributed by atoms with Crippen LogP contribution in [0.15, 0.2) is 57.5 Å². The molecule has 4 rings (SSSR count). The van der Waals surface area contributed by atoms with Crippen molar-refractivity contribution in [2.45, 2.75) is 0 Å². The van der Waals surface area contributed by atoms with Gasteiger partial charge < -0.3 is 10.3 Å². The smallest absolute Gasteiger partial charge is 0.282 e. The molecule has 0 aliphatic carbocycles. The SMILES string of the molecule is Nc1c(-c2nc(-c3ccccc3)no2)nnn1-c1ccc(Br)cc1F. The fourth-order valence-electron chi connectivity index (χ4n) is 2.30. The Balaban J connectivity index is 1.74. The minimum Gasteiger partial charge on any atom is -0.382 e. The number of nitrogens with zero attached hydrogens (tertiary/aromatic N) is 5. The van der Waals surface area contributed by atoms with E-state index < -0.39 is 5.82 Å². The van der Waals surface area contributed by atoms with Crippen molar-refractivity contribution in [3.8, 4) is 28.7 Å². The minimum absolute atomic E-state index is 0.101. The van der Waals surface area contributed by atoms with Gasteiger partial charge in [-0.3, -0.25) is 0 Å². The van der Waals surface area contributed by atoms with Crippen molar-refractivity contribution >= 4 is 21.7 Å². The van der Waals surface area contributed by atoms with Gasteiger partial charge in [-0.05, 0) is 18.2 Å². The maximum atomic E-state index is 14.1. The summed E-state index contributed by atoms with van der Waals surface area (Å²) in [5, 5.41) is 11.8. The number of benzene rings is 2. The van der Waals surface area contributed by atoms with Crippen LogP contribution in [-0.2, 0) is 0 Å². The standard InChI is InChI=1S/C16H10BrFN6O/c17-10-6-7-12(11(18)8-10)24-14(19)13(21-23-24)16-20-15(22-25-16)9-4-2-1-3-5-9/h1-8H,19H2. The summed E-state index contributed by atoms with van der Waals surface area (Å²) in [5.41, 5.74) is 7.21. The Hall–Kier alpha value is -3.07. The second-order valence-electron chi connectivity index (χ2n) is 5.12. The maximum absolute atomic E-state index is 14.1. The Morgan fingerprint density at radius 1 is 1.12 bits per heavy atom. The summed E-state index contributed by atoms with van der Waals surface area (Å²) < 4.78 is 21.1. The molecule has 2 aromatic carbocycles. The summed E-state index contributed by atoms with van der Waals surface area (Å²) in [7, 11) is 0. The Labute approximate surface area is 149 Å². The van der Waals surface area contributed by atoms with Crippen LogP contribution in [0.4, 0.5) is 10.2 Å². The van der Waals surface area contributed by atoms with E-state index in [1.165, 1.54) is 16.8 Å². The molecule has 2 aromatic heterocycles. The molecule has 0 radical (unpaired) electrons. The van der Waals surface area contributed by atoms with Crippen LogP contribution in [0.1, 0.15) is 0 Å². The van der Waals surface area contributed by atoms with Gasteiger partial charge in [0.1, 0.15) is 11.5 Å². The minimum atomic E-state index is -0.493. The Kier molecular flexibility index (Phi) is 3.77. The predicted octanol–water partition coefficient (Wildman–Crippen LogP) is 3.47. The number of hydrogen-bond acceptors (Lipinski definition) is 6. The highest BCUT2D eigenvalue weighted by Gasteiger charge is 2.21. The molecule has 25 heavy (non-hydrogen) atoms. The monoisotopic (exact) mass is 400 g/mol. The quantitative estimate of drug-likeness (QED) is 0.565. The highest BCUT2D eigenvalue weighted by molar-refractivity contribution is 9.10. The summed E-state index contributed by atoms with van der Waals surface area (Å²) in [6, 6.07) is 13.9. The van der Waals surface area contributed by atoms with Crippen molar-refractivity contribution in [3.63, 3.8) is 0 Å². The van der Waals surface area contributed by atoms with E-state index in [9.17, 15) is 4.39 Å². The highest BCUT2D eigenvalue weighted by Crippen LogP contribution is 2.27. The third-order valence-electron chi connectivity index (χ3n) is 3.50. The first-order valence-corrected chi connectivity index (χ1v) is 7.99. The highest BCUT2D eigenvalue weighted by atomic mass is 79.9.